The Kier molecular flexibility index (Phi) is 5.25. The standard InChI is InChI=1S/C26H25N11O2/c1-13(38)21-22(15-8-16-3-4-17(9-15)36(16)26(39)24-29-12-31-35-24)33-25-18(11-32-37(25)23(21)27)14-2-5-19(28-10-14)20-6-7-30-34-20/h2,5-7,10-12,15-17H,3-4,8-9,27H2,1H3,(H,30,34)(H,29,31,35)/t15-,16+,17-. The number of aromatic nitrogens is 9. The lowest BCUT2D eigenvalue weighted by Gasteiger charge is -2.38. The number of nitrogens with zero attached hydrogens (tertiary/aromatic N) is 8. The highest BCUT2D eigenvalue weighted by molar-refractivity contribution is 6.00. The van der Waals surface area contributed by atoms with Crippen LogP contribution in [0, 0.1) is 0 Å². The summed E-state index contributed by atoms with van der Waals surface area (Å²) in [7, 11) is 0. The largest absolute Gasteiger partial charge is 0.383 e. The molecule has 7 rings (SSSR count). The first-order chi connectivity index (χ1) is 19.0. The first-order valence-corrected chi connectivity index (χ1v) is 12.8. The average Bonchev–Trinajstić information content (AvgIpc) is 3.75. The van der Waals surface area contributed by atoms with E-state index in [0.717, 1.165) is 35.4 Å². The molecule has 39 heavy (non-hydrogen) atoms. The molecule has 5 aromatic rings. The van der Waals surface area contributed by atoms with E-state index in [-0.39, 0.29) is 41.3 Å². The Bertz CT molecular complexity index is 1680. The van der Waals surface area contributed by atoms with Gasteiger partial charge in [-0.1, -0.05) is 6.07 Å². The molecule has 2 bridgehead atoms. The van der Waals surface area contributed by atoms with Crippen LogP contribution in [0.1, 0.15) is 65.2 Å². The summed E-state index contributed by atoms with van der Waals surface area (Å²) in [6.07, 6.45) is 9.75. The number of hydrogen-bond acceptors (Lipinski definition) is 9. The molecule has 1 amide bonds. The summed E-state index contributed by atoms with van der Waals surface area (Å²) in [5, 5.41) is 19.1. The number of nitrogens with two attached hydrogens (primary N) is 1. The van der Waals surface area contributed by atoms with Gasteiger partial charge in [0.1, 0.15) is 17.8 Å². The number of carbonyl (C=O) groups excluding carboxylic acids is 2. The fourth-order valence-corrected chi connectivity index (χ4v) is 6.16. The highest BCUT2D eigenvalue weighted by atomic mass is 16.2. The van der Waals surface area contributed by atoms with Crippen LogP contribution in [0.2, 0.25) is 0 Å². The number of ketones is 1. The lowest BCUT2D eigenvalue weighted by Crippen LogP contribution is -2.46. The minimum atomic E-state index is -0.161. The molecular weight excluding hydrogens is 498 g/mol. The molecule has 0 radical (unpaired) electrons. The first kappa shape index (κ1) is 23.2. The van der Waals surface area contributed by atoms with Crippen molar-refractivity contribution in [2.24, 2.45) is 0 Å². The number of piperidine rings is 1. The molecule has 3 atom stereocenters. The number of hydrogen-bond donors (Lipinski definition) is 3. The minimum Gasteiger partial charge on any atom is -0.383 e. The number of H-pyrrole nitrogens is 2. The van der Waals surface area contributed by atoms with Crippen molar-refractivity contribution in [2.45, 2.75) is 50.6 Å². The number of rotatable bonds is 5. The van der Waals surface area contributed by atoms with E-state index in [1.165, 1.54) is 17.8 Å². The number of amides is 1. The van der Waals surface area contributed by atoms with Gasteiger partial charge in [-0.3, -0.25) is 19.7 Å². The fraction of sp³-hybridized carbons (Fsp3) is 0.308. The van der Waals surface area contributed by atoms with Crippen molar-refractivity contribution in [3.63, 3.8) is 0 Å². The van der Waals surface area contributed by atoms with Crippen LogP contribution >= 0.6 is 0 Å². The Hall–Kier alpha value is -4.94. The van der Waals surface area contributed by atoms with Gasteiger partial charge in [-0.05, 0) is 44.7 Å². The van der Waals surface area contributed by atoms with Gasteiger partial charge in [-0.25, -0.2) is 4.98 Å². The molecule has 2 aliphatic rings. The molecule has 2 saturated heterocycles. The molecule has 4 N–H and O–H groups in total. The maximum Gasteiger partial charge on any atom is 0.292 e. The average molecular weight is 524 g/mol. The summed E-state index contributed by atoms with van der Waals surface area (Å²) in [5.41, 5.74) is 11.3. The van der Waals surface area contributed by atoms with Crippen molar-refractivity contribution in [2.75, 3.05) is 5.73 Å². The third-order valence-corrected chi connectivity index (χ3v) is 7.87. The van der Waals surface area contributed by atoms with E-state index in [0.29, 0.717) is 29.7 Å². The van der Waals surface area contributed by atoms with Crippen LogP contribution in [-0.2, 0) is 0 Å². The van der Waals surface area contributed by atoms with E-state index in [9.17, 15) is 9.59 Å². The van der Waals surface area contributed by atoms with E-state index >= 15 is 0 Å². The fourth-order valence-electron chi connectivity index (χ4n) is 6.16. The quantitative estimate of drug-likeness (QED) is 0.292. The zero-order chi connectivity index (χ0) is 26.7. The van der Waals surface area contributed by atoms with E-state index in [1.807, 2.05) is 23.1 Å². The SMILES string of the molecule is CC(=O)c1c([C@H]2C[C@H]3CC[C@@H](C2)N3C(=O)c2nnc[nH]2)nc2c(-c3ccc(-c4cc[nH]n4)nc3)cnn2c1N. The second-order valence-corrected chi connectivity index (χ2v) is 10.1. The van der Waals surface area contributed by atoms with E-state index in [2.05, 4.69) is 35.5 Å². The number of carbonyl (C=O) groups is 2. The first-order valence-electron chi connectivity index (χ1n) is 12.8. The van der Waals surface area contributed by atoms with Crippen LogP contribution in [0.5, 0.6) is 0 Å². The van der Waals surface area contributed by atoms with E-state index in [1.54, 1.807) is 18.6 Å². The minimum absolute atomic E-state index is 0.0218. The van der Waals surface area contributed by atoms with Gasteiger partial charge in [0.25, 0.3) is 5.91 Å². The van der Waals surface area contributed by atoms with Crippen LogP contribution < -0.4 is 5.73 Å². The van der Waals surface area contributed by atoms with Crippen molar-refractivity contribution in [3.8, 4) is 22.5 Å². The zero-order valence-electron chi connectivity index (χ0n) is 21.1. The predicted octanol–water partition coefficient (Wildman–Crippen LogP) is 2.64. The van der Waals surface area contributed by atoms with Gasteiger partial charge in [0.2, 0.25) is 5.82 Å². The Morgan fingerprint density at radius 2 is 1.90 bits per heavy atom. The lowest BCUT2D eigenvalue weighted by atomic mass is 9.85. The van der Waals surface area contributed by atoms with Crippen molar-refractivity contribution >= 4 is 23.2 Å². The number of nitrogens with one attached hydrogen (secondary N) is 2. The normalized spacial score (nSPS) is 20.5. The molecule has 0 saturated carbocycles. The maximum absolute atomic E-state index is 13.1. The van der Waals surface area contributed by atoms with Crippen molar-refractivity contribution in [1.82, 2.24) is 49.9 Å². The number of aromatic amines is 2. The second-order valence-electron chi connectivity index (χ2n) is 10.1. The van der Waals surface area contributed by atoms with Crippen LogP contribution in [0.15, 0.2) is 43.1 Å². The van der Waals surface area contributed by atoms with E-state index < -0.39 is 0 Å². The monoisotopic (exact) mass is 523 g/mol. The Balaban J connectivity index is 1.27. The zero-order valence-corrected chi connectivity index (χ0v) is 21.1. The molecule has 0 aromatic carbocycles. The van der Waals surface area contributed by atoms with Gasteiger partial charge >= 0.3 is 0 Å². The van der Waals surface area contributed by atoms with Gasteiger partial charge in [0.15, 0.2) is 11.4 Å². The number of nitrogen functional groups attached to an aromatic ring is 1. The summed E-state index contributed by atoms with van der Waals surface area (Å²) >= 11 is 0. The van der Waals surface area contributed by atoms with Gasteiger partial charge in [0, 0.05) is 41.5 Å². The Morgan fingerprint density at radius 3 is 2.54 bits per heavy atom. The highest BCUT2D eigenvalue weighted by Gasteiger charge is 2.45. The molecule has 13 nitrogen and oxygen atoms in total. The molecule has 0 spiro atoms. The third-order valence-electron chi connectivity index (χ3n) is 7.87. The second kappa shape index (κ2) is 8.82. The number of fused-ring (bicyclic) bond motifs is 3. The van der Waals surface area contributed by atoms with Gasteiger partial charge in [-0.2, -0.15) is 14.7 Å². The van der Waals surface area contributed by atoms with Gasteiger partial charge < -0.3 is 15.6 Å². The third kappa shape index (κ3) is 3.68. The Labute approximate surface area is 221 Å². The molecule has 5 aromatic heterocycles. The summed E-state index contributed by atoms with van der Waals surface area (Å²) in [6, 6.07) is 5.73. The molecule has 0 unspecified atom stereocenters. The number of pyridine rings is 1. The topological polar surface area (TPSA) is 177 Å². The van der Waals surface area contributed by atoms with Gasteiger partial charge in [0.05, 0.1) is 23.1 Å². The maximum atomic E-state index is 13.1. The molecule has 0 aliphatic carbocycles. The molecule has 2 aliphatic heterocycles. The molecular formula is C26H25N11O2. The van der Waals surface area contributed by atoms with E-state index in [4.69, 9.17) is 10.7 Å². The summed E-state index contributed by atoms with van der Waals surface area (Å²) in [4.78, 5) is 40.3. The molecule has 7 heterocycles. The molecule has 13 heteroatoms. The molecule has 196 valence electrons. The predicted molar refractivity (Wildman–Crippen MR) is 140 cm³/mol. The van der Waals surface area contributed by atoms with Crippen molar-refractivity contribution in [3.05, 3.63) is 60.2 Å². The number of Topliss-reactive ketones (excluding diaryl/α,β-unsaturated/α-hetero) is 1. The summed E-state index contributed by atoms with van der Waals surface area (Å²) < 4.78 is 1.52. The highest BCUT2D eigenvalue weighted by Crippen LogP contribution is 2.45. The van der Waals surface area contributed by atoms with Crippen molar-refractivity contribution < 1.29 is 9.59 Å². The van der Waals surface area contributed by atoms with Crippen LogP contribution in [0.4, 0.5) is 5.82 Å². The summed E-state index contributed by atoms with van der Waals surface area (Å²) in [6.45, 7) is 1.50. The lowest BCUT2D eigenvalue weighted by molar-refractivity contribution is 0.0556. The summed E-state index contributed by atoms with van der Waals surface area (Å²) in [5.74, 6) is 0.177. The van der Waals surface area contributed by atoms with Crippen molar-refractivity contribution in [1.29, 1.82) is 0 Å². The van der Waals surface area contributed by atoms with Crippen LogP contribution in [0.3, 0.4) is 0 Å². The Morgan fingerprint density at radius 1 is 1.08 bits per heavy atom. The van der Waals surface area contributed by atoms with Crippen LogP contribution in [-0.4, -0.2) is 73.6 Å². The number of anilines is 1. The smallest absolute Gasteiger partial charge is 0.292 e. The van der Waals surface area contributed by atoms with Gasteiger partial charge in [-0.15, -0.1) is 10.2 Å². The molecule has 2 fully saturated rings. The van der Waals surface area contributed by atoms with Crippen LogP contribution in [0.25, 0.3) is 28.2 Å².